The fourth-order valence-electron chi connectivity index (χ4n) is 0. The Morgan fingerprint density at radius 2 is 1.83 bits per heavy atom. The number of hydrogen-bond acceptors (Lipinski definition) is 2. The van der Waals surface area contributed by atoms with Gasteiger partial charge in [-0.25, -0.2) is 0 Å². The van der Waals surface area contributed by atoms with Gasteiger partial charge in [-0.3, -0.25) is 4.79 Å². The van der Waals surface area contributed by atoms with Gasteiger partial charge in [0.25, 0.3) is 0 Å². The van der Waals surface area contributed by atoms with Crippen LogP contribution in [0, 0.1) is 0 Å². The zero-order valence-corrected chi connectivity index (χ0v) is 2.69. The molecule has 0 amide bonds. The van der Waals surface area contributed by atoms with Gasteiger partial charge in [0.1, 0.15) is 0 Å². The number of aliphatic hydroxyl groups is 1. The van der Waals surface area contributed by atoms with Gasteiger partial charge < -0.3 is 5.11 Å². The Hall–Kier alpha value is -0.510. The van der Waals surface area contributed by atoms with Crippen LogP contribution in [0.2, 0.25) is 0 Å². The lowest BCUT2D eigenvalue weighted by atomic mass is 10.7. The van der Waals surface area contributed by atoms with E-state index in [1.54, 1.807) is 0 Å². The summed E-state index contributed by atoms with van der Waals surface area (Å²) >= 11 is 0. The van der Waals surface area contributed by atoms with E-state index in [0.717, 1.165) is 0 Å². The van der Waals surface area contributed by atoms with Crippen molar-refractivity contribution in [2.45, 2.75) is 6.11 Å². The average molecular weight is 96.0 g/mol. The smallest absolute Gasteiger partial charge is 0.330 e. The third-order valence-electron chi connectivity index (χ3n) is 0.142. The van der Waals surface area contributed by atoms with Crippen LogP contribution in [0.15, 0.2) is 0 Å². The maximum absolute atomic E-state index is 10.6. The van der Waals surface area contributed by atoms with E-state index in [1.807, 2.05) is 0 Å². The zero-order chi connectivity index (χ0) is 5.21. The highest BCUT2D eigenvalue weighted by atomic mass is 19.3. The maximum Gasteiger partial charge on any atom is 0.410 e. The minimum atomic E-state index is -4.14. The number of aldehydes is 1. The van der Waals surface area contributed by atoms with Crippen LogP contribution >= 0.6 is 0 Å². The van der Waals surface area contributed by atoms with Gasteiger partial charge in [0.15, 0.2) is 0 Å². The number of halogens is 2. The molecular weight excluding hydrogens is 94.0 g/mol. The first-order valence-electron chi connectivity index (χ1n) is 1.13. The second-order valence-corrected chi connectivity index (χ2v) is 0.706. The molecule has 0 saturated carbocycles. The highest BCUT2D eigenvalue weighted by molar-refractivity contribution is 5.56. The molecule has 0 aliphatic carbocycles. The first-order chi connectivity index (χ1) is 2.56. The highest BCUT2D eigenvalue weighted by Crippen LogP contribution is 2.00. The van der Waals surface area contributed by atoms with E-state index in [0.29, 0.717) is 0 Å². The van der Waals surface area contributed by atoms with Crippen molar-refractivity contribution < 1.29 is 18.7 Å². The first kappa shape index (κ1) is 5.49. The van der Waals surface area contributed by atoms with E-state index in [2.05, 4.69) is 0 Å². The number of carbonyl (C=O) groups excluding carboxylic acids is 1. The minimum Gasteiger partial charge on any atom is -0.330 e. The summed E-state index contributed by atoms with van der Waals surface area (Å²) in [7, 11) is 0. The van der Waals surface area contributed by atoms with Crippen molar-refractivity contribution in [2.75, 3.05) is 0 Å². The predicted molar refractivity (Wildman–Crippen MR) is 13.2 cm³/mol. The minimum absolute atomic E-state index is 0.840. The molecule has 1 N–H and O–H groups in total. The molecule has 0 aromatic rings. The molecule has 0 aliphatic heterocycles. The van der Waals surface area contributed by atoms with E-state index in [9.17, 15) is 8.78 Å². The second-order valence-electron chi connectivity index (χ2n) is 0.706. The Balaban J connectivity index is 3.45. The average Bonchev–Trinajstić information content (AvgIpc) is 1.35. The fraction of sp³-hybridized carbons (Fsp3) is 0.500. The van der Waals surface area contributed by atoms with Crippen LogP contribution in [0.25, 0.3) is 0 Å². The van der Waals surface area contributed by atoms with Gasteiger partial charge in [-0.15, -0.1) is 0 Å². The lowest BCUT2D eigenvalue weighted by Crippen LogP contribution is -2.14. The van der Waals surface area contributed by atoms with Gasteiger partial charge in [-0.05, 0) is 0 Å². The van der Waals surface area contributed by atoms with Gasteiger partial charge in [-0.1, -0.05) is 0 Å². The van der Waals surface area contributed by atoms with Crippen LogP contribution < -0.4 is 0 Å². The fourth-order valence-corrected chi connectivity index (χ4v) is 0. The molecular formula is C2H2F2O2. The van der Waals surface area contributed by atoms with Gasteiger partial charge in [0.2, 0.25) is 6.29 Å². The molecule has 0 bridgehead atoms. The van der Waals surface area contributed by atoms with Gasteiger partial charge in [0, 0.05) is 0 Å². The molecule has 0 fully saturated rings. The van der Waals surface area contributed by atoms with E-state index in [1.165, 1.54) is 0 Å². The van der Waals surface area contributed by atoms with Crippen molar-refractivity contribution in [3.8, 4) is 0 Å². The van der Waals surface area contributed by atoms with Crippen LogP contribution in [0.1, 0.15) is 0 Å². The SMILES string of the molecule is O=CC(O)(F)F. The van der Waals surface area contributed by atoms with Crippen LogP contribution in [-0.4, -0.2) is 17.5 Å². The van der Waals surface area contributed by atoms with Gasteiger partial charge >= 0.3 is 6.11 Å². The quantitative estimate of drug-likeness (QED) is 0.458. The number of rotatable bonds is 1. The standard InChI is InChI=1S/C2H2F2O2/c3-2(4,6)1-5/h1,6H. The van der Waals surface area contributed by atoms with E-state index in [4.69, 9.17) is 9.90 Å². The first-order valence-corrected chi connectivity index (χ1v) is 1.13. The maximum atomic E-state index is 10.6. The molecule has 0 aliphatic rings. The molecule has 4 heteroatoms. The van der Waals surface area contributed by atoms with Crippen LogP contribution in [0.5, 0.6) is 0 Å². The number of carbonyl (C=O) groups is 1. The number of hydrogen-bond donors (Lipinski definition) is 1. The third-order valence-corrected chi connectivity index (χ3v) is 0.142. The van der Waals surface area contributed by atoms with Crippen LogP contribution in [-0.2, 0) is 4.79 Å². The summed E-state index contributed by atoms with van der Waals surface area (Å²) in [5.74, 6) is 0. The second kappa shape index (κ2) is 1.30. The summed E-state index contributed by atoms with van der Waals surface area (Å²) in [5.41, 5.74) is 0. The van der Waals surface area contributed by atoms with Crippen LogP contribution in [0.3, 0.4) is 0 Å². The summed E-state index contributed by atoms with van der Waals surface area (Å²) in [4.78, 5) is 8.83. The Kier molecular flexibility index (Phi) is 1.19. The van der Waals surface area contributed by atoms with Crippen molar-refractivity contribution >= 4 is 6.29 Å². The molecule has 0 aromatic heterocycles. The summed E-state index contributed by atoms with van der Waals surface area (Å²) in [6.45, 7) is 0. The monoisotopic (exact) mass is 96.0 g/mol. The molecule has 0 unspecified atom stereocenters. The highest BCUT2D eigenvalue weighted by Gasteiger charge is 2.21. The Bertz CT molecular complexity index is 55.1. The third kappa shape index (κ3) is 3.49. The predicted octanol–water partition coefficient (Wildman–Crippen LogP) is -0.230. The van der Waals surface area contributed by atoms with Crippen molar-refractivity contribution in [1.82, 2.24) is 0 Å². The molecule has 0 radical (unpaired) electrons. The largest absolute Gasteiger partial charge is 0.410 e. The molecule has 0 spiro atoms. The molecule has 0 rings (SSSR count). The summed E-state index contributed by atoms with van der Waals surface area (Å²) in [5, 5.41) is 7.12. The van der Waals surface area contributed by atoms with Gasteiger partial charge in [0.05, 0.1) is 0 Å². The lowest BCUT2D eigenvalue weighted by Gasteiger charge is -1.91. The summed E-state index contributed by atoms with van der Waals surface area (Å²) in [6, 6.07) is 0. The lowest BCUT2D eigenvalue weighted by molar-refractivity contribution is -0.189. The topological polar surface area (TPSA) is 37.3 Å². The van der Waals surface area contributed by atoms with E-state index >= 15 is 0 Å². The summed E-state index contributed by atoms with van der Waals surface area (Å²) < 4.78 is 21.3. The molecule has 6 heavy (non-hydrogen) atoms. The molecule has 0 atom stereocenters. The molecule has 0 heterocycles. The van der Waals surface area contributed by atoms with Crippen molar-refractivity contribution in [3.05, 3.63) is 0 Å². The Morgan fingerprint density at radius 3 is 1.83 bits per heavy atom. The van der Waals surface area contributed by atoms with Crippen molar-refractivity contribution in [1.29, 1.82) is 0 Å². The normalized spacial score (nSPS) is 11.2. The van der Waals surface area contributed by atoms with Crippen LogP contribution in [0.4, 0.5) is 8.78 Å². The van der Waals surface area contributed by atoms with Gasteiger partial charge in [-0.2, -0.15) is 8.78 Å². The Labute approximate surface area is 32.4 Å². The molecule has 36 valence electrons. The zero-order valence-electron chi connectivity index (χ0n) is 2.69. The molecule has 0 saturated heterocycles. The van der Waals surface area contributed by atoms with E-state index in [-0.39, 0.29) is 0 Å². The Morgan fingerprint density at radius 1 is 1.67 bits per heavy atom. The molecule has 0 aromatic carbocycles. The molecule has 2 nitrogen and oxygen atoms in total. The van der Waals surface area contributed by atoms with Crippen molar-refractivity contribution in [2.24, 2.45) is 0 Å². The van der Waals surface area contributed by atoms with E-state index < -0.39 is 12.4 Å². The number of alkyl halides is 2. The summed E-state index contributed by atoms with van der Waals surface area (Å²) in [6.07, 6.45) is -4.98. The van der Waals surface area contributed by atoms with Crippen molar-refractivity contribution in [3.63, 3.8) is 0 Å².